The molecule has 1 heterocycles. The maximum Gasteiger partial charge on any atom is 0.361 e. The van der Waals surface area contributed by atoms with Crippen molar-refractivity contribution >= 4 is 28.7 Å². The van der Waals surface area contributed by atoms with Crippen molar-refractivity contribution in [3.05, 3.63) is 16.6 Å². The summed E-state index contributed by atoms with van der Waals surface area (Å²) in [7, 11) is 0. The van der Waals surface area contributed by atoms with E-state index in [4.69, 9.17) is 4.74 Å². The maximum atomic E-state index is 11.6. The van der Waals surface area contributed by atoms with Crippen LogP contribution in [-0.4, -0.2) is 29.0 Å². The summed E-state index contributed by atoms with van der Waals surface area (Å²) in [5, 5.41) is 9.44. The second kappa shape index (κ2) is 6.12. The zero-order valence-corrected chi connectivity index (χ0v) is 10.2. The van der Waals surface area contributed by atoms with Crippen LogP contribution in [0.25, 0.3) is 0 Å². The minimum absolute atomic E-state index is 0.143. The molecule has 0 amide bonds. The fourth-order valence-electron chi connectivity index (χ4n) is 0.876. The fraction of sp³-hybridized carbons (Fsp3) is 0.400. The maximum absolute atomic E-state index is 11.6. The highest BCUT2D eigenvalue weighted by Gasteiger charge is 2.17. The molecule has 0 aliphatic heterocycles. The highest BCUT2D eigenvalue weighted by molar-refractivity contribution is 7.07. The summed E-state index contributed by atoms with van der Waals surface area (Å²) in [6.45, 7) is 5.64. The lowest BCUT2D eigenvalue weighted by molar-refractivity contribution is -0.134. The molecule has 0 radical (unpaired) electrons. The molecule has 0 atom stereocenters. The van der Waals surface area contributed by atoms with Crippen LogP contribution >= 0.6 is 11.3 Å². The summed E-state index contributed by atoms with van der Waals surface area (Å²) in [6.07, 6.45) is 0. The standard InChI is InChI=1S/C10H13N3O2S/c1-4-15-10(14)9(13-12-7(2)3)8-5-16-6-11-8/h5-6H,4H2,1-3H3. The van der Waals surface area contributed by atoms with Gasteiger partial charge in [0.2, 0.25) is 0 Å². The Labute approximate surface area is 97.9 Å². The topological polar surface area (TPSA) is 63.9 Å². The van der Waals surface area contributed by atoms with E-state index in [0.717, 1.165) is 5.71 Å². The lowest BCUT2D eigenvalue weighted by atomic mass is 10.3. The van der Waals surface area contributed by atoms with Crippen LogP contribution in [0.3, 0.4) is 0 Å². The third-order valence-corrected chi connectivity index (χ3v) is 2.08. The Morgan fingerprint density at radius 1 is 1.50 bits per heavy atom. The van der Waals surface area contributed by atoms with Crippen LogP contribution in [-0.2, 0) is 9.53 Å². The number of thiazole rings is 1. The predicted molar refractivity (Wildman–Crippen MR) is 64.1 cm³/mol. The van der Waals surface area contributed by atoms with Gasteiger partial charge < -0.3 is 4.74 Å². The number of carbonyl (C=O) groups excluding carboxylic acids is 1. The van der Waals surface area contributed by atoms with Crippen molar-refractivity contribution in [2.45, 2.75) is 20.8 Å². The number of esters is 1. The molecule has 0 aliphatic rings. The van der Waals surface area contributed by atoms with Gasteiger partial charge in [0, 0.05) is 11.1 Å². The lowest BCUT2D eigenvalue weighted by Crippen LogP contribution is -2.19. The predicted octanol–water partition coefficient (Wildman–Crippen LogP) is 1.89. The average Bonchev–Trinajstić information content (AvgIpc) is 2.71. The molecule has 1 rings (SSSR count). The van der Waals surface area contributed by atoms with Gasteiger partial charge >= 0.3 is 5.97 Å². The van der Waals surface area contributed by atoms with E-state index < -0.39 is 5.97 Å². The van der Waals surface area contributed by atoms with Gasteiger partial charge in [-0.3, -0.25) is 0 Å². The summed E-state index contributed by atoms with van der Waals surface area (Å²) < 4.78 is 4.89. The van der Waals surface area contributed by atoms with Crippen molar-refractivity contribution in [3.8, 4) is 0 Å². The number of hydrogen-bond donors (Lipinski definition) is 0. The first-order valence-corrected chi connectivity index (χ1v) is 5.74. The van der Waals surface area contributed by atoms with Crippen molar-refractivity contribution in [2.75, 3.05) is 6.61 Å². The molecule has 86 valence electrons. The molecule has 0 saturated heterocycles. The van der Waals surface area contributed by atoms with Crippen molar-refractivity contribution in [1.82, 2.24) is 4.98 Å². The van der Waals surface area contributed by atoms with E-state index in [1.54, 1.807) is 31.7 Å². The minimum atomic E-state index is -0.501. The van der Waals surface area contributed by atoms with Crippen molar-refractivity contribution < 1.29 is 9.53 Å². The molecule has 6 heteroatoms. The molecule has 0 unspecified atom stereocenters. The van der Waals surface area contributed by atoms with Gasteiger partial charge in [0.1, 0.15) is 5.69 Å². The molecule has 1 aromatic rings. The van der Waals surface area contributed by atoms with Crippen LogP contribution < -0.4 is 0 Å². The first-order valence-electron chi connectivity index (χ1n) is 4.79. The Morgan fingerprint density at radius 2 is 2.25 bits per heavy atom. The number of rotatable bonds is 4. The monoisotopic (exact) mass is 239 g/mol. The van der Waals surface area contributed by atoms with E-state index >= 15 is 0 Å². The van der Waals surface area contributed by atoms with Gasteiger partial charge in [-0.05, 0) is 20.8 Å². The molecule has 0 aromatic carbocycles. The van der Waals surface area contributed by atoms with E-state index in [1.807, 2.05) is 0 Å². The van der Waals surface area contributed by atoms with Crippen LogP contribution in [0.15, 0.2) is 21.1 Å². The molecular formula is C10H13N3O2S. The normalized spacial score (nSPS) is 11.1. The largest absolute Gasteiger partial charge is 0.461 e. The molecule has 0 N–H and O–H groups in total. The smallest absolute Gasteiger partial charge is 0.361 e. The zero-order valence-electron chi connectivity index (χ0n) is 9.43. The summed E-state index contributed by atoms with van der Waals surface area (Å²) in [5.74, 6) is -0.501. The molecule has 0 spiro atoms. The number of hydrogen-bond acceptors (Lipinski definition) is 6. The van der Waals surface area contributed by atoms with E-state index in [2.05, 4.69) is 15.2 Å². The Bertz CT molecular complexity index is 406. The van der Waals surface area contributed by atoms with Gasteiger partial charge in [-0.25, -0.2) is 9.78 Å². The van der Waals surface area contributed by atoms with Crippen molar-refractivity contribution in [2.24, 2.45) is 10.2 Å². The number of aromatic nitrogens is 1. The van der Waals surface area contributed by atoms with Crippen LogP contribution in [0.1, 0.15) is 26.5 Å². The van der Waals surface area contributed by atoms with E-state index in [1.165, 1.54) is 11.3 Å². The third-order valence-electron chi connectivity index (χ3n) is 1.49. The van der Waals surface area contributed by atoms with Crippen molar-refractivity contribution in [1.29, 1.82) is 0 Å². The number of carbonyl (C=O) groups is 1. The molecule has 0 bridgehead atoms. The van der Waals surface area contributed by atoms with Gasteiger partial charge in [0.25, 0.3) is 0 Å². The average molecular weight is 239 g/mol. The Balaban J connectivity index is 2.99. The third kappa shape index (κ3) is 3.54. The molecule has 0 saturated carbocycles. The second-order valence-electron chi connectivity index (χ2n) is 3.09. The molecule has 0 fully saturated rings. The van der Waals surface area contributed by atoms with Gasteiger partial charge in [-0.2, -0.15) is 5.10 Å². The van der Waals surface area contributed by atoms with E-state index in [-0.39, 0.29) is 5.71 Å². The lowest BCUT2D eigenvalue weighted by Gasteiger charge is -2.01. The highest BCUT2D eigenvalue weighted by Crippen LogP contribution is 2.05. The van der Waals surface area contributed by atoms with E-state index in [9.17, 15) is 4.79 Å². The number of nitrogens with zero attached hydrogens (tertiary/aromatic N) is 3. The highest BCUT2D eigenvalue weighted by atomic mass is 32.1. The number of ether oxygens (including phenoxy) is 1. The van der Waals surface area contributed by atoms with Crippen molar-refractivity contribution in [3.63, 3.8) is 0 Å². The molecule has 5 nitrogen and oxygen atoms in total. The Kier molecular flexibility index (Phi) is 4.78. The minimum Gasteiger partial charge on any atom is -0.461 e. The Hall–Kier alpha value is -1.56. The SMILES string of the molecule is CCOC(=O)C(=NN=C(C)C)c1cscn1. The van der Waals surface area contributed by atoms with Gasteiger partial charge in [0.05, 0.1) is 12.1 Å². The first kappa shape index (κ1) is 12.5. The van der Waals surface area contributed by atoms with Gasteiger partial charge in [-0.1, -0.05) is 0 Å². The summed E-state index contributed by atoms with van der Waals surface area (Å²) in [5.41, 5.74) is 3.03. The molecule has 16 heavy (non-hydrogen) atoms. The molecular weight excluding hydrogens is 226 g/mol. The molecule has 1 aromatic heterocycles. The van der Waals surface area contributed by atoms with Gasteiger partial charge in [0.15, 0.2) is 5.71 Å². The Morgan fingerprint density at radius 3 is 2.75 bits per heavy atom. The van der Waals surface area contributed by atoms with Gasteiger partial charge in [-0.15, -0.1) is 16.4 Å². The van der Waals surface area contributed by atoms with Crippen LogP contribution in [0.2, 0.25) is 0 Å². The summed E-state index contributed by atoms with van der Waals surface area (Å²) in [6, 6.07) is 0. The summed E-state index contributed by atoms with van der Waals surface area (Å²) >= 11 is 1.39. The van der Waals surface area contributed by atoms with Crippen LogP contribution in [0.5, 0.6) is 0 Å². The summed E-state index contributed by atoms with van der Waals surface area (Å²) in [4.78, 5) is 15.6. The molecule has 0 aliphatic carbocycles. The quantitative estimate of drug-likeness (QED) is 0.458. The second-order valence-corrected chi connectivity index (χ2v) is 3.81. The first-order chi connectivity index (χ1) is 7.65. The fourth-order valence-corrected chi connectivity index (χ4v) is 1.41. The van der Waals surface area contributed by atoms with Crippen LogP contribution in [0.4, 0.5) is 0 Å². The van der Waals surface area contributed by atoms with E-state index in [0.29, 0.717) is 12.3 Å². The zero-order chi connectivity index (χ0) is 12.0. The van der Waals surface area contributed by atoms with Crippen LogP contribution in [0, 0.1) is 0 Å².